The van der Waals surface area contributed by atoms with Gasteiger partial charge in [0.1, 0.15) is 11.5 Å². The highest BCUT2D eigenvalue weighted by Gasteiger charge is 2.21. The zero-order valence-electron chi connectivity index (χ0n) is 18.2. The van der Waals surface area contributed by atoms with Gasteiger partial charge in [0.25, 0.3) is 0 Å². The Kier molecular flexibility index (Phi) is 5.65. The molecule has 0 aliphatic rings. The topological polar surface area (TPSA) is 73.2 Å². The molecule has 4 aromatic rings. The maximum absolute atomic E-state index is 10.4. The first kappa shape index (κ1) is 21.1. The van der Waals surface area contributed by atoms with Gasteiger partial charge in [-0.05, 0) is 98.1 Å². The van der Waals surface area contributed by atoms with Crippen LogP contribution in [0, 0.1) is 20.8 Å². The van der Waals surface area contributed by atoms with Crippen LogP contribution in [0.2, 0.25) is 0 Å². The Morgan fingerprint density at radius 1 is 0.594 bits per heavy atom. The number of anilines is 3. The highest BCUT2D eigenvalue weighted by molar-refractivity contribution is 5.83. The molecule has 0 atom stereocenters. The van der Waals surface area contributed by atoms with Crippen LogP contribution in [-0.2, 0) is 0 Å². The third-order valence-corrected chi connectivity index (χ3v) is 5.28. The highest BCUT2D eigenvalue weighted by Crippen LogP contribution is 2.45. The van der Waals surface area contributed by atoms with Gasteiger partial charge in [0, 0.05) is 11.4 Å². The lowest BCUT2D eigenvalue weighted by atomic mass is 10.1. The zero-order valence-corrected chi connectivity index (χ0v) is 18.2. The maximum atomic E-state index is 10.4. The number of phenols is 3. The molecule has 0 bridgehead atoms. The van der Waals surface area contributed by atoms with E-state index in [9.17, 15) is 15.3 Å². The fraction of sp³-hybridized carbons (Fsp3) is 0.111. The molecule has 0 saturated heterocycles. The summed E-state index contributed by atoms with van der Waals surface area (Å²) in [6, 6.07) is 23.2. The molecule has 0 amide bonds. The first-order chi connectivity index (χ1) is 15.3. The van der Waals surface area contributed by atoms with E-state index >= 15 is 0 Å². The first-order valence-electron chi connectivity index (χ1n) is 10.3. The van der Waals surface area contributed by atoms with E-state index < -0.39 is 0 Å². The first-order valence-corrected chi connectivity index (χ1v) is 10.3. The van der Waals surface area contributed by atoms with E-state index in [1.54, 1.807) is 36.4 Å². The molecule has 0 spiro atoms. The molecule has 32 heavy (non-hydrogen) atoms. The van der Waals surface area contributed by atoms with Crippen molar-refractivity contribution in [3.05, 3.63) is 95.6 Å². The van der Waals surface area contributed by atoms with Gasteiger partial charge in [0.05, 0.1) is 5.69 Å². The van der Waals surface area contributed by atoms with Crippen molar-refractivity contribution >= 4 is 17.1 Å². The summed E-state index contributed by atoms with van der Waals surface area (Å²) in [6.07, 6.45) is 0. The number of aryl methyl sites for hydroxylation is 3. The molecule has 5 heteroatoms. The summed E-state index contributed by atoms with van der Waals surface area (Å²) < 4.78 is 6.16. The number of ether oxygens (including phenoxy) is 1. The second kappa shape index (κ2) is 8.55. The standard InChI is InChI=1S/C27H25NO4/c1-17-8-13-27(25(31)14-17)32-26-7-5-4-6-24(26)28(22-11-9-20(29)15-18(22)2)23-12-10-21(30)16-19(23)3/h4-16,29-31H,1-3H3. The summed E-state index contributed by atoms with van der Waals surface area (Å²) in [5, 5.41) is 30.3. The third kappa shape index (κ3) is 4.18. The van der Waals surface area contributed by atoms with Crippen molar-refractivity contribution in [3.8, 4) is 28.7 Å². The lowest BCUT2D eigenvalue weighted by molar-refractivity contribution is 0.411. The van der Waals surface area contributed by atoms with Gasteiger partial charge in [-0.1, -0.05) is 18.2 Å². The van der Waals surface area contributed by atoms with Gasteiger partial charge >= 0.3 is 0 Å². The van der Waals surface area contributed by atoms with Crippen LogP contribution in [0.3, 0.4) is 0 Å². The molecule has 3 N–H and O–H groups in total. The number of hydrogen-bond donors (Lipinski definition) is 3. The monoisotopic (exact) mass is 427 g/mol. The van der Waals surface area contributed by atoms with Crippen molar-refractivity contribution < 1.29 is 20.1 Å². The number of benzene rings is 4. The van der Waals surface area contributed by atoms with Gasteiger partial charge in [-0.25, -0.2) is 0 Å². The van der Waals surface area contributed by atoms with Gasteiger partial charge in [-0.3, -0.25) is 0 Å². The molecule has 0 fully saturated rings. The third-order valence-electron chi connectivity index (χ3n) is 5.28. The van der Waals surface area contributed by atoms with Crippen LogP contribution in [0.15, 0.2) is 78.9 Å². The number of hydrogen-bond acceptors (Lipinski definition) is 5. The van der Waals surface area contributed by atoms with Crippen molar-refractivity contribution in [2.45, 2.75) is 20.8 Å². The average molecular weight is 428 g/mol. The maximum Gasteiger partial charge on any atom is 0.169 e. The van der Waals surface area contributed by atoms with Gasteiger partial charge in [-0.15, -0.1) is 0 Å². The van der Waals surface area contributed by atoms with Crippen LogP contribution in [0.4, 0.5) is 17.1 Å². The Hall–Kier alpha value is -4.12. The summed E-state index contributed by atoms with van der Waals surface area (Å²) in [4.78, 5) is 2.02. The van der Waals surface area contributed by atoms with E-state index in [0.29, 0.717) is 11.5 Å². The fourth-order valence-electron chi connectivity index (χ4n) is 3.73. The fourth-order valence-corrected chi connectivity index (χ4v) is 3.73. The number of para-hydroxylation sites is 2. The SMILES string of the molecule is Cc1ccc(Oc2ccccc2N(c2ccc(O)cc2C)c2ccc(O)cc2C)c(O)c1. The number of aromatic hydroxyl groups is 3. The predicted octanol–water partition coefficient (Wildman–Crippen LogP) is 6.99. The van der Waals surface area contributed by atoms with E-state index in [0.717, 1.165) is 33.8 Å². The number of rotatable bonds is 5. The van der Waals surface area contributed by atoms with Crippen LogP contribution < -0.4 is 9.64 Å². The molecule has 0 heterocycles. The zero-order chi connectivity index (χ0) is 22.8. The summed E-state index contributed by atoms with van der Waals surface area (Å²) in [7, 11) is 0. The van der Waals surface area contributed by atoms with Crippen LogP contribution in [0.1, 0.15) is 16.7 Å². The van der Waals surface area contributed by atoms with Gasteiger partial charge in [0.15, 0.2) is 17.2 Å². The van der Waals surface area contributed by atoms with Gasteiger partial charge in [-0.2, -0.15) is 0 Å². The highest BCUT2D eigenvalue weighted by atomic mass is 16.5. The quantitative estimate of drug-likeness (QED) is 0.320. The van der Waals surface area contributed by atoms with E-state index in [2.05, 4.69) is 0 Å². The molecule has 0 aliphatic carbocycles. The number of nitrogens with zero attached hydrogens (tertiary/aromatic N) is 1. The van der Waals surface area contributed by atoms with Crippen LogP contribution in [0.25, 0.3) is 0 Å². The second-order valence-electron chi connectivity index (χ2n) is 7.82. The molecule has 5 nitrogen and oxygen atoms in total. The van der Waals surface area contributed by atoms with E-state index in [1.807, 2.05) is 68.1 Å². The molecular formula is C27H25NO4. The van der Waals surface area contributed by atoms with Crippen LogP contribution in [-0.4, -0.2) is 15.3 Å². The van der Waals surface area contributed by atoms with Crippen LogP contribution in [0.5, 0.6) is 28.7 Å². The lowest BCUT2D eigenvalue weighted by Crippen LogP contribution is -2.13. The molecule has 0 aromatic heterocycles. The molecule has 4 rings (SSSR count). The molecule has 0 aliphatic heterocycles. The molecule has 0 unspecified atom stereocenters. The van der Waals surface area contributed by atoms with Gasteiger partial charge < -0.3 is 25.0 Å². The van der Waals surface area contributed by atoms with E-state index in [-0.39, 0.29) is 17.2 Å². The Morgan fingerprint density at radius 2 is 1.19 bits per heavy atom. The summed E-state index contributed by atoms with van der Waals surface area (Å²) >= 11 is 0. The van der Waals surface area contributed by atoms with Crippen molar-refractivity contribution in [3.63, 3.8) is 0 Å². The lowest BCUT2D eigenvalue weighted by Gasteiger charge is -2.30. The minimum Gasteiger partial charge on any atom is -0.508 e. The predicted molar refractivity (Wildman–Crippen MR) is 127 cm³/mol. The van der Waals surface area contributed by atoms with Crippen molar-refractivity contribution in [1.29, 1.82) is 0 Å². The van der Waals surface area contributed by atoms with E-state index in [4.69, 9.17) is 4.74 Å². The summed E-state index contributed by atoms with van der Waals surface area (Å²) in [5.41, 5.74) is 5.11. The van der Waals surface area contributed by atoms with Crippen molar-refractivity contribution in [2.24, 2.45) is 0 Å². The van der Waals surface area contributed by atoms with Crippen molar-refractivity contribution in [1.82, 2.24) is 0 Å². The minimum absolute atomic E-state index is 0.0629. The molecule has 162 valence electrons. The second-order valence-corrected chi connectivity index (χ2v) is 7.82. The Bertz CT molecular complexity index is 1230. The normalized spacial score (nSPS) is 10.7. The average Bonchev–Trinajstić information content (AvgIpc) is 2.74. The number of phenolic OH excluding ortho intramolecular Hbond substituents is 3. The molecule has 0 saturated carbocycles. The summed E-state index contributed by atoms with van der Waals surface area (Å²) in [6.45, 7) is 5.75. The minimum atomic E-state index is 0.0629. The van der Waals surface area contributed by atoms with Gasteiger partial charge in [0.2, 0.25) is 0 Å². The smallest absolute Gasteiger partial charge is 0.169 e. The Morgan fingerprint density at radius 3 is 1.75 bits per heavy atom. The molecule has 4 aromatic carbocycles. The Labute approximate surface area is 187 Å². The van der Waals surface area contributed by atoms with Crippen LogP contribution >= 0.6 is 0 Å². The Balaban J connectivity index is 1.90. The molecule has 0 radical (unpaired) electrons. The summed E-state index contributed by atoms with van der Waals surface area (Å²) in [5.74, 6) is 1.33. The van der Waals surface area contributed by atoms with Crippen molar-refractivity contribution in [2.75, 3.05) is 4.90 Å². The molecular weight excluding hydrogens is 402 g/mol. The van der Waals surface area contributed by atoms with E-state index in [1.165, 1.54) is 0 Å². The largest absolute Gasteiger partial charge is 0.508 e.